The second-order valence-electron chi connectivity index (χ2n) is 5.26. The summed E-state index contributed by atoms with van der Waals surface area (Å²) < 4.78 is 15.7. The summed E-state index contributed by atoms with van der Waals surface area (Å²) in [6.07, 6.45) is 1.55. The number of nitrogens with zero attached hydrogens (tertiary/aromatic N) is 2. The smallest absolute Gasteiger partial charge is 0.272 e. The maximum absolute atomic E-state index is 12.1. The molecule has 1 amide bonds. The Morgan fingerprint density at radius 3 is 2.65 bits per heavy atom. The highest BCUT2D eigenvalue weighted by atomic mass is 16.5. The number of anilines is 2. The Bertz CT molecular complexity index is 863. The lowest BCUT2D eigenvalue weighted by Crippen LogP contribution is -2.23. The zero-order valence-corrected chi connectivity index (χ0v) is 14.4. The standard InChI is InChI=1S/C18H18N4O4/c1-24-12-5-7-16(25-2)15(10-12)20-17-8-6-14(21-22-17)18(23)19-11-13-4-3-9-26-13/h3-10H,11H2,1-2H3,(H,19,23)(H,20,22). The van der Waals surface area contributed by atoms with E-state index in [1.807, 2.05) is 0 Å². The summed E-state index contributed by atoms with van der Waals surface area (Å²) in [5.41, 5.74) is 0.885. The topological polar surface area (TPSA) is 98.5 Å². The molecule has 3 aromatic rings. The molecule has 0 saturated heterocycles. The molecule has 0 unspecified atom stereocenters. The molecule has 26 heavy (non-hydrogen) atoms. The van der Waals surface area contributed by atoms with Crippen LogP contribution in [0, 0.1) is 0 Å². The second-order valence-corrected chi connectivity index (χ2v) is 5.26. The average molecular weight is 354 g/mol. The highest BCUT2D eigenvalue weighted by Gasteiger charge is 2.10. The zero-order chi connectivity index (χ0) is 18.4. The summed E-state index contributed by atoms with van der Waals surface area (Å²) in [6, 6.07) is 12.1. The van der Waals surface area contributed by atoms with E-state index < -0.39 is 0 Å². The van der Waals surface area contributed by atoms with Crippen molar-refractivity contribution in [1.82, 2.24) is 15.5 Å². The van der Waals surface area contributed by atoms with Gasteiger partial charge < -0.3 is 24.5 Å². The number of nitrogens with one attached hydrogen (secondary N) is 2. The maximum Gasteiger partial charge on any atom is 0.272 e. The third-order valence-corrected chi connectivity index (χ3v) is 3.57. The first-order chi connectivity index (χ1) is 12.7. The van der Waals surface area contributed by atoms with Crippen LogP contribution in [0.4, 0.5) is 11.5 Å². The molecule has 0 atom stereocenters. The van der Waals surface area contributed by atoms with Gasteiger partial charge >= 0.3 is 0 Å². The first-order valence-corrected chi connectivity index (χ1v) is 7.83. The Kier molecular flexibility index (Phi) is 5.33. The van der Waals surface area contributed by atoms with Crippen molar-refractivity contribution in [3.8, 4) is 11.5 Å². The van der Waals surface area contributed by atoms with Crippen molar-refractivity contribution < 1.29 is 18.7 Å². The molecule has 0 fully saturated rings. The lowest BCUT2D eigenvalue weighted by atomic mass is 10.2. The molecule has 2 aromatic heterocycles. The molecule has 134 valence electrons. The molecular weight excluding hydrogens is 336 g/mol. The summed E-state index contributed by atoms with van der Waals surface area (Å²) >= 11 is 0. The van der Waals surface area contributed by atoms with Crippen LogP contribution in [0.25, 0.3) is 0 Å². The number of furan rings is 1. The van der Waals surface area contributed by atoms with Crippen LogP contribution in [0.1, 0.15) is 16.2 Å². The maximum atomic E-state index is 12.1. The molecule has 0 aliphatic heterocycles. The largest absolute Gasteiger partial charge is 0.497 e. The normalized spacial score (nSPS) is 10.2. The van der Waals surface area contributed by atoms with E-state index in [9.17, 15) is 4.79 Å². The Labute approximate surface area is 150 Å². The van der Waals surface area contributed by atoms with Gasteiger partial charge in [-0.1, -0.05) is 0 Å². The molecule has 0 radical (unpaired) electrons. The van der Waals surface area contributed by atoms with E-state index >= 15 is 0 Å². The summed E-state index contributed by atoms with van der Waals surface area (Å²) in [6.45, 7) is 0.286. The molecule has 0 spiro atoms. The third-order valence-electron chi connectivity index (χ3n) is 3.57. The Balaban J connectivity index is 1.67. The number of hydrogen-bond acceptors (Lipinski definition) is 7. The van der Waals surface area contributed by atoms with Crippen molar-refractivity contribution in [3.05, 3.63) is 60.2 Å². The van der Waals surface area contributed by atoms with E-state index in [0.29, 0.717) is 28.8 Å². The van der Waals surface area contributed by atoms with Crippen LogP contribution in [0.3, 0.4) is 0 Å². The Hall–Kier alpha value is -3.55. The van der Waals surface area contributed by atoms with E-state index in [-0.39, 0.29) is 18.1 Å². The fraction of sp³-hybridized carbons (Fsp3) is 0.167. The van der Waals surface area contributed by atoms with Crippen molar-refractivity contribution in [1.29, 1.82) is 0 Å². The lowest BCUT2D eigenvalue weighted by molar-refractivity contribution is 0.0942. The van der Waals surface area contributed by atoms with Gasteiger partial charge in [-0.25, -0.2) is 0 Å². The van der Waals surface area contributed by atoms with Gasteiger partial charge in [-0.05, 0) is 36.4 Å². The number of hydrogen-bond donors (Lipinski definition) is 2. The van der Waals surface area contributed by atoms with Crippen LogP contribution in [0.2, 0.25) is 0 Å². The van der Waals surface area contributed by atoms with E-state index in [1.165, 1.54) is 0 Å². The van der Waals surface area contributed by atoms with Gasteiger partial charge in [0.15, 0.2) is 11.5 Å². The van der Waals surface area contributed by atoms with Crippen molar-refractivity contribution in [2.24, 2.45) is 0 Å². The van der Waals surface area contributed by atoms with Crippen molar-refractivity contribution >= 4 is 17.4 Å². The van der Waals surface area contributed by atoms with Gasteiger partial charge in [0.05, 0.1) is 32.7 Å². The molecule has 0 saturated carbocycles. The highest BCUT2D eigenvalue weighted by molar-refractivity contribution is 5.92. The number of amides is 1. The average Bonchev–Trinajstić information content (AvgIpc) is 3.20. The number of carbonyl (C=O) groups excluding carboxylic acids is 1. The van der Waals surface area contributed by atoms with Crippen molar-refractivity contribution in [2.75, 3.05) is 19.5 Å². The third kappa shape index (κ3) is 4.10. The summed E-state index contributed by atoms with van der Waals surface area (Å²) in [5, 5.41) is 13.8. The van der Waals surface area contributed by atoms with Crippen LogP contribution in [0.5, 0.6) is 11.5 Å². The SMILES string of the molecule is COc1ccc(OC)c(Nc2ccc(C(=O)NCc3ccco3)nn2)c1. The minimum absolute atomic E-state index is 0.208. The molecule has 2 N–H and O–H groups in total. The monoisotopic (exact) mass is 354 g/mol. The zero-order valence-electron chi connectivity index (χ0n) is 14.4. The van der Waals surface area contributed by atoms with Gasteiger partial charge in [0.1, 0.15) is 17.3 Å². The number of ether oxygens (including phenoxy) is 2. The first-order valence-electron chi connectivity index (χ1n) is 7.83. The molecule has 0 bridgehead atoms. The number of methoxy groups -OCH3 is 2. The quantitative estimate of drug-likeness (QED) is 0.673. The van der Waals surface area contributed by atoms with Crippen LogP contribution in [-0.4, -0.2) is 30.3 Å². The Morgan fingerprint density at radius 1 is 1.12 bits per heavy atom. The predicted octanol–water partition coefficient (Wildman–Crippen LogP) is 2.76. The van der Waals surface area contributed by atoms with Crippen LogP contribution in [-0.2, 0) is 6.54 Å². The molecule has 0 aliphatic carbocycles. The number of carbonyl (C=O) groups is 1. The molecule has 8 heteroatoms. The van der Waals surface area contributed by atoms with Gasteiger partial charge in [-0.15, -0.1) is 10.2 Å². The molecule has 3 rings (SSSR count). The van der Waals surface area contributed by atoms with E-state index in [0.717, 1.165) is 0 Å². The van der Waals surface area contributed by atoms with Crippen molar-refractivity contribution in [2.45, 2.75) is 6.54 Å². The van der Waals surface area contributed by atoms with Gasteiger partial charge in [-0.3, -0.25) is 4.79 Å². The van der Waals surface area contributed by atoms with E-state index in [2.05, 4.69) is 20.8 Å². The van der Waals surface area contributed by atoms with Gasteiger partial charge in [0, 0.05) is 6.07 Å². The van der Waals surface area contributed by atoms with Gasteiger partial charge in [0.2, 0.25) is 0 Å². The van der Waals surface area contributed by atoms with Crippen LogP contribution < -0.4 is 20.1 Å². The fourth-order valence-corrected chi connectivity index (χ4v) is 2.24. The Morgan fingerprint density at radius 2 is 2.00 bits per heavy atom. The first kappa shape index (κ1) is 17.3. The molecule has 2 heterocycles. The van der Waals surface area contributed by atoms with Crippen LogP contribution in [0.15, 0.2) is 53.1 Å². The van der Waals surface area contributed by atoms with Crippen molar-refractivity contribution in [3.63, 3.8) is 0 Å². The molecule has 1 aromatic carbocycles. The van der Waals surface area contributed by atoms with Crippen LogP contribution >= 0.6 is 0 Å². The molecule has 8 nitrogen and oxygen atoms in total. The molecular formula is C18H18N4O4. The number of aromatic nitrogens is 2. The van der Waals surface area contributed by atoms with E-state index in [1.54, 1.807) is 62.9 Å². The predicted molar refractivity (Wildman–Crippen MR) is 94.7 cm³/mol. The molecule has 0 aliphatic rings. The van der Waals surface area contributed by atoms with E-state index in [4.69, 9.17) is 13.9 Å². The minimum atomic E-state index is -0.334. The highest BCUT2D eigenvalue weighted by Crippen LogP contribution is 2.30. The van der Waals surface area contributed by atoms with Gasteiger partial charge in [0.25, 0.3) is 5.91 Å². The fourth-order valence-electron chi connectivity index (χ4n) is 2.24. The lowest BCUT2D eigenvalue weighted by Gasteiger charge is -2.12. The second kappa shape index (κ2) is 8.02. The number of benzene rings is 1. The minimum Gasteiger partial charge on any atom is -0.497 e. The summed E-state index contributed by atoms with van der Waals surface area (Å²) in [5.74, 6) is 2.11. The summed E-state index contributed by atoms with van der Waals surface area (Å²) in [4.78, 5) is 12.1. The van der Waals surface area contributed by atoms with Gasteiger partial charge in [-0.2, -0.15) is 0 Å². The summed E-state index contributed by atoms with van der Waals surface area (Å²) in [7, 11) is 3.16. The number of rotatable bonds is 7.